The van der Waals surface area contributed by atoms with Gasteiger partial charge in [0.25, 0.3) is 0 Å². The number of nitrogen functional groups attached to an aromatic ring is 1. The number of ether oxygens (including phenoxy) is 2. The third kappa shape index (κ3) is 2.64. The molecule has 1 aliphatic rings. The summed E-state index contributed by atoms with van der Waals surface area (Å²) in [7, 11) is 3.27. The van der Waals surface area contributed by atoms with Crippen molar-refractivity contribution in [2.45, 2.75) is 12.2 Å². The second kappa shape index (κ2) is 5.46. The summed E-state index contributed by atoms with van der Waals surface area (Å²) in [5.41, 5.74) is 7.41. The molecule has 1 fully saturated rings. The Kier molecular flexibility index (Phi) is 3.92. The lowest BCUT2D eigenvalue weighted by molar-refractivity contribution is -0.00461. The highest BCUT2D eigenvalue weighted by atomic mass is 16.5. The molecule has 0 spiro atoms. The van der Waals surface area contributed by atoms with Crippen molar-refractivity contribution in [1.82, 2.24) is 0 Å². The van der Waals surface area contributed by atoms with E-state index in [1.54, 1.807) is 26.4 Å². The summed E-state index contributed by atoms with van der Waals surface area (Å²) >= 11 is 0. The maximum atomic E-state index is 11.0. The van der Waals surface area contributed by atoms with E-state index in [2.05, 4.69) is 0 Å². The zero-order chi connectivity index (χ0) is 14.0. The van der Waals surface area contributed by atoms with Crippen molar-refractivity contribution < 1.29 is 19.4 Å². The number of carboxylic acid groups (broad SMARTS) is 1. The van der Waals surface area contributed by atoms with E-state index in [9.17, 15) is 4.79 Å². The number of nitrogens with zero attached hydrogens (tertiary/aromatic N) is 1. The molecule has 0 radical (unpaired) electrons. The topological polar surface area (TPSA) is 85.0 Å². The molecule has 3 N–H and O–H groups in total. The standard InChI is InChI=1S/C13H18N2O4/c1-18-11-6-15(7-12(11)19-2)10-5-8(13(16)17)3-4-9(10)14/h3-5,11-12H,6-7,14H2,1-2H3,(H,16,17). The van der Waals surface area contributed by atoms with Gasteiger partial charge < -0.3 is 25.2 Å². The third-order valence-corrected chi connectivity index (χ3v) is 3.44. The van der Waals surface area contributed by atoms with Crippen LogP contribution in [0.3, 0.4) is 0 Å². The van der Waals surface area contributed by atoms with Crippen LogP contribution in [0.5, 0.6) is 0 Å². The number of hydrogen-bond donors (Lipinski definition) is 2. The van der Waals surface area contributed by atoms with Crippen LogP contribution in [-0.2, 0) is 9.47 Å². The summed E-state index contributed by atoms with van der Waals surface area (Å²) < 4.78 is 10.7. The van der Waals surface area contributed by atoms with Crippen molar-refractivity contribution >= 4 is 17.3 Å². The Balaban J connectivity index is 2.27. The second-order valence-corrected chi connectivity index (χ2v) is 4.53. The SMILES string of the molecule is COC1CN(c2cc(C(=O)O)ccc2N)CC1OC. The number of nitrogens with two attached hydrogens (primary N) is 1. The smallest absolute Gasteiger partial charge is 0.335 e. The van der Waals surface area contributed by atoms with E-state index in [-0.39, 0.29) is 17.8 Å². The van der Waals surface area contributed by atoms with Crippen LogP contribution in [0.1, 0.15) is 10.4 Å². The molecule has 2 atom stereocenters. The molecule has 2 rings (SSSR count). The Morgan fingerprint density at radius 3 is 2.37 bits per heavy atom. The average molecular weight is 266 g/mol. The van der Waals surface area contributed by atoms with E-state index in [0.717, 1.165) is 0 Å². The largest absolute Gasteiger partial charge is 0.478 e. The Morgan fingerprint density at radius 2 is 1.89 bits per heavy atom. The fraction of sp³-hybridized carbons (Fsp3) is 0.462. The molecule has 0 saturated carbocycles. The zero-order valence-electron chi connectivity index (χ0n) is 11.0. The summed E-state index contributed by atoms with van der Waals surface area (Å²) in [6.45, 7) is 1.25. The molecule has 0 bridgehead atoms. The first kappa shape index (κ1) is 13.6. The first-order chi connectivity index (χ1) is 9.06. The lowest BCUT2D eigenvalue weighted by Gasteiger charge is -2.20. The van der Waals surface area contributed by atoms with Gasteiger partial charge in [-0.3, -0.25) is 0 Å². The summed E-state index contributed by atoms with van der Waals surface area (Å²) in [4.78, 5) is 13.0. The quantitative estimate of drug-likeness (QED) is 0.785. The van der Waals surface area contributed by atoms with Gasteiger partial charge in [0, 0.05) is 27.3 Å². The van der Waals surface area contributed by atoms with Gasteiger partial charge in [-0.05, 0) is 18.2 Å². The normalized spacial score (nSPS) is 22.7. The van der Waals surface area contributed by atoms with Gasteiger partial charge in [-0.15, -0.1) is 0 Å². The second-order valence-electron chi connectivity index (χ2n) is 4.53. The van der Waals surface area contributed by atoms with Gasteiger partial charge in [0.05, 0.1) is 16.9 Å². The minimum absolute atomic E-state index is 0.0436. The lowest BCUT2D eigenvalue weighted by Crippen LogP contribution is -2.27. The summed E-state index contributed by atoms with van der Waals surface area (Å²) in [5, 5.41) is 9.03. The van der Waals surface area contributed by atoms with E-state index >= 15 is 0 Å². The molecule has 19 heavy (non-hydrogen) atoms. The number of benzene rings is 1. The van der Waals surface area contributed by atoms with Crippen LogP contribution < -0.4 is 10.6 Å². The molecule has 0 amide bonds. The molecule has 1 aliphatic heterocycles. The molecule has 0 aliphatic carbocycles. The minimum atomic E-state index is -0.966. The number of carboxylic acids is 1. The van der Waals surface area contributed by atoms with Crippen LogP contribution in [0.4, 0.5) is 11.4 Å². The highest BCUT2D eigenvalue weighted by Gasteiger charge is 2.33. The van der Waals surface area contributed by atoms with E-state index in [1.807, 2.05) is 4.90 Å². The molecular formula is C13H18N2O4. The maximum absolute atomic E-state index is 11.0. The van der Waals surface area contributed by atoms with E-state index in [0.29, 0.717) is 24.5 Å². The van der Waals surface area contributed by atoms with E-state index in [1.165, 1.54) is 6.07 Å². The highest BCUT2D eigenvalue weighted by Crippen LogP contribution is 2.29. The number of aromatic carboxylic acids is 1. The van der Waals surface area contributed by atoms with E-state index in [4.69, 9.17) is 20.3 Å². The summed E-state index contributed by atoms with van der Waals surface area (Å²) in [6.07, 6.45) is -0.0873. The Hall–Kier alpha value is -1.79. The fourth-order valence-corrected chi connectivity index (χ4v) is 2.34. The predicted octanol–water partition coefficient (Wildman–Crippen LogP) is 0.817. The molecule has 2 unspecified atom stereocenters. The summed E-state index contributed by atoms with van der Waals surface area (Å²) in [5.74, 6) is -0.966. The van der Waals surface area contributed by atoms with Crippen molar-refractivity contribution in [3.63, 3.8) is 0 Å². The molecule has 1 saturated heterocycles. The molecule has 6 heteroatoms. The molecular weight excluding hydrogens is 248 g/mol. The van der Waals surface area contributed by atoms with Gasteiger partial charge in [0.1, 0.15) is 12.2 Å². The monoisotopic (exact) mass is 266 g/mol. The number of anilines is 2. The van der Waals surface area contributed by atoms with Crippen LogP contribution in [0.15, 0.2) is 18.2 Å². The van der Waals surface area contributed by atoms with Crippen molar-refractivity contribution in [2.24, 2.45) is 0 Å². The van der Waals surface area contributed by atoms with Crippen LogP contribution in [0.2, 0.25) is 0 Å². The zero-order valence-corrected chi connectivity index (χ0v) is 11.0. The predicted molar refractivity (Wildman–Crippen MR) is 71.6 cm³/mol. The van der Waals surface area contributed by atoms with Gasteiger partial charge in [-0.2, -0.15) is 0 Å². The third-order valence-electron chi connectivity index (χ3n) is 3.44. The molecule has 1 aromatic carbocycles. The van der Waals surface area contributed by atoms with Crippen LogP contribution in [0, 0.1) is 0 Å². The van der Waals surface area contributed by atoms with Crippen molar-refractivity contribution in [1.29, 1.82) is 0 Å². The number of carbonyl (C=O) groups is 1. The lowest BCUT2D eigenvalue weighted by atomic mass is 10.1. The minimum Gasteiger partial charge on any atom is -0.478 e. The van der Waals surface area contributed by atoms with Gasteiger partial charge in [0.2, 0.25) is 0 Å². The number of hydrogen-bond acceptors (Lipinski definition) is 5. The van der Waals surface area contributed by atoms with Gasteiger partial charge in [0.15, 0.2) is 0 Å². The first-order valence-corrected chi connectivity index (χ1v) is 6.00. The van der Waals surface area contributed by atoms with Crippen molar-refractivity contribution in [2.75, 3.05) is 37.9 Å². The van der Waals surface area contributed by atoms with Crippen molar-refractivity contribution in [3.8, 4) is 0 Å². The maximum Gasteiger partial charge on any atom is 0.335 e. The van der Waals surface area contributed by atoms with Gasteiger partial charge in [-0.25, -0.2) is 4.79 Å². The number of methoxy groups -OCH3 is 2. The molecule has 1 heterocycles. The highest BCUT2D eigenvalue weighted by molar-refractivity contribution is 5.90. The number of rotatable bonds is 4. The Labute approximate surface area is 111 Å². The molecule has 0 aromatic heterocycles. The molecule has 104 valence electrons. The Bertz CT molecular complexity index is 466. The average Bonchev–Trinajstić information content (AvgIpc) is 2.82. The first-order valence-electron chi connectivity index (χ1n) is 6.00. The fourth-order valence-electron chi connectivity index (χ4n) is 2.34. The van der Waals surface area contributed by atoms with E-state index < -0.39 is 5.97 Å². The molecule has 1 aromatic rings. The summed E-state index contributed by atoms with van der Waals surface area (Å²) in [6, 6.07) is 4.70. The van der Waals surface area contributed by atoms with Gasteiger partial charge in [-0.1, -0.05) is 0 Å². The van der Waals surface area contributed by atoms with Crippen LogP contribution in [0.25, 0.3) is 0 Å². The van der Waals surface area contributed by atoms with Crippen LogP contribution >= 0.6 is 0 Å². The van der Waals surface area contributed by atoms with Crippen LogP contribution in [-0.4, -0.2) is 50.6 Å². The van der Waals surface area contributed by atoms with Crippen molar-refractivity contribution in [3.05, 3.63) is 23.8 Å². The molecule has 6 nitrogen and oxygen atoms in total. The Morgan fingerprint density at radius 1 is 1.32 bits per heavy atom. The van der Waals surface area contributed by atoms with Gasteiger partial charge >= 0.3 is 5.97 Å².